The topological polar surface area (TPSA) is 62.7 Å². The van der Waals surface area contributed by atoms with E-state index in [1.807, 2.05) is 74.6 Å². The van der Waals surface area contributed by atoms with Crippen molar-refractivity contribution in [2.45, 2.75) is 25.7 Å². The van der Waals surface area contributed by atoms with Gasteiger partial charge in [-0.25, -0.2) is 9.79 Å². The molecule has 3 heterocycles. The summed E-state index contributed by atoms with van der Waals surface area (Å²) in [5.74, 6) is 0.544. The first-order valence-electron chi connectivity index (χ1n) is 10.9. The molecular weight excluding hydrogens is 404 g/mol. The lowest BCUT2D eigenvalue weighted by atomic mass is 10.0. The number of fused-ring (bicyclic) bond motifs is 4. The van der Waals surface area contributed by atoms with Crippen LogP contribution in [0, 0.1) is 0 Å². The van der Waals surface area contributed by atoms with Crippen LogP contribution in [0.5, 0.6) is 0 Å². The van der Waals surface area contributed by atoms with Crippen LogP contribution < -0.4 is 0 Å². The summed E-state index contributed by atoms with van der Waals surface area (Å²) in [7, 11) is 5.80. The van der Waals surface area contributed by atoms with Crippen molar-refractivity contribution in [3.8, 4) is 0 Å². The van der Waals surface area contributed by atoms with Crippen LogP contribution in [0.25, 0.3) is 10.8 Å². The summed E-state index contributed by atoms with van der Waals surface area (Å²) in [6.07, 6.45) is 1.47. The molecule has 0 aromatic heterocycles. The second-order valence-electron chi connectivity index (χ2n) is 8.88. The van der Waals surface area contributed by atoms with Crippen molar-refractivity contribution >= 4 is 28.7 Å². The van der Waals surface area contributed by atoms with E-state index >= 15 is 0 Å². The van der Waals surface area contributed by atoms with E-state index in [1.54, 1.807) is 11.9 Å². The van der Waals surface area contributed by atoms with Gasteiger partial charge in [0, 0.05) is 32.0 Å². The molecule has 0 spiro atoms. The minimum Gasteiger partial charge on any atom is -0.313 e. The molecule has 32 heavy (non-hydrogen) atoms. The highest BCUT2D eigenvalue weighted by molar-refractivity contribution is 6.05. The Morgan fingerprint density at radius 1 is 1.03 bits per heavy atom. The number of carbonyl (C=O) groups is 2. The second-order valence-corrected chi connectivity index (χ2v) is 8.88. The van der Waals surface area contributed by atoms with E-state index in [2.05, 4.69) is 9.80 Å². The van der Waals surface area contributed by atoms with Crippen molar-refractivity contribution in [2.75, 3.05) is 34.2 Å². The number of hydrogen-bond donors (Lipinski definition) is 0. The van der Waals surface area contributed by atoms with Crippen LogP contribution in [0.3, 0.4) is 0 Å². The molecule has 8 heteroatoms. The molecule has 1 fully saturated rings. The zero-order chi connectivity index (χ0) is 22.6. The maximum atomic E-state index is 13.6. The minimum absolute atomic E-state index is 0.205. The largest absolute Gasteiger partial charge is 0.328 e. The van der Waals surface area contributed by atoms with Gasteiger partial charge in [-0.15, -0.1) is 0 Å². The van der Waals surface area contributed by atoms with Crippen LogP contribution in [0.4, 0.5) is 4.79 Å². The first kappa shape index (κ1) is 20.5. The van der Waals surface area contributed by atoms with E-state index in [1.165, 1.54) is 4.90 Å². The number of nitrogens with zero attached hydrogens (tertiary/aromatic N) is 6. The van der Waals surface area contributed by atoms with Crippen LogP contribution >= 0.6 is 0 Å². The third-order valence-electron chi connectivity index (χ3n) is 6.48. The van der Waals surface area contributed by atoms with Crippen LogP contribution in [-0.4, -0.2) is 88.8 Å². The fraction of sp³-hybridized carbons (Fsp3) is 0.375. The molecular formula is C24H28N6O2. The first-order valence-corrected chi connectivity index (χ1v) is 10.9. The lowest BCUT2D eigenvalue weighted by molar-refractivity contribution is -0.137. The third-order valence-corrected chi connectivity index (χ3v) is 6.48. The number of urea groups is 1. The van der Waals surface area contributed by atoms with E-state index in [0.717, 1.165) is 41.1 Å². The average Bonchev–Trinajstić information content (AvgIpc) is 3.28. The SMILES string of the molecule is CC1=CN2C(=NC3C2C(=O)N(Cc2cccc4ccccc24)C(=O)N3C)N1CCN(C)C. The summed E-state index contributed by atoms with van der Waals surface area (Å²) in [4.78, 5) is 40.8. The molecule has 2 aromatic carbocycles. The van der Waals surface area contributed by atoms with E-state index in [9.17, 15) is 9.59 Å². The van der Waals surface area contributed by atoms with Crippen molar-refractivity contribution < 1.29 is 9.59 Å². The minimum atomic E-state index is -0.540. The molecule has 0 bridgehead atoms. The molecule has 0 aliphatic carbocycles. The smallest absolute Gasteiger partial charge is 0.313 e. The van der Waals surface area contributed by atoms with Gasteiger partial charge in [0.2, 0.25) is 5.96 Å². The van der Waals surface area contributed by atoms with Crippen molar-refractivity contribution in [3.63, 3.8) is 0 Å². The fourth-order valence-corrected chi connectivity index (χ4v) is 4.72. The van der Waals surface area contributed by atoms with E-state index in [-0.39, 0.29) is 18.5 Å². The van der Waals surface area contributed by atoms with E-state index in [0.29, 0.717) is 0 Å². The molecule has 2 atom stereocenters. The van der Waals surface area contributed by atoms with Gasteiger partial charge in [0.1, 0.15) is 0 Å². The highest BCUT2D eigenvalue weighted by Crippen LogP contribution is 2.34. The quantitative estimate of drug-likeness (QED) is 0.726. The molecule has 0 radical (unpaired) electrons. The number of guanidine groups is 1. The summed E-state index contributed by atoms with van der Waals surface area (Å²) in [6, 6.07) is 13.2. The standard InChI is InChI=1S/C24H28N6O2/c1-16-14-29-20-21(25-23(29)28(16)13-12-26(2)3)27(4)24(32)30(22(20)31)15-18-10-7-9-17-8-5-6-11-19(17)18/h5-11,14,20-21H,12-13,15H2,1-4H3. The summed E-state index contributed by atoms with van der Waals surface area (Å²) >= 11 is 0. The van der Waals surface area contributed by atoms with Crippen molar-refractivity contribution in [3.05, 3.63) is 59.9 Å². The number of aliphatic imine (C=N–C) groups is 1. The Kier molecular flexibility index (Phi) is 4.89. The maximum Gasteiger partial charge on any atom is 0.328 e. The predicted octanol–water partition coefficient (Wildman–Crippen LogP) is 2.34. The van der Waals surface area contributed by atoms with Gasteiger partial charge in [0.15, 0.2) is 12.2 Å². The Labute approximate surface area is 188 Å². The van der Waals surface area contributed by atoms with Gasteiger partial charge in [0.25, 0.3) is 5.91 Å². The first-order chi connectivity index (χ1) is 15.4. The number of hydrogen-bond acceptors (Lipinski definition) is 6. The van der Waals surface area contributed by atoms with Crippen molar-refractivity contribution in [1.29, 1.82) is 0 Å². The molecule has 3 aliphatic heterocycles. The van der Waals surface area contributed by atoms with Crippen molar-refractivity contribution in [2.24, 2.45) is 4.99 Å². The molecule has 2 aromatic rings. The molecule has 2 unspecified atom stereocenters. The van der Waals surface area contributed by atoms with Crippen LogP contribution in [0.2, 0.25) is 0 Å². The number of likely N-dealkylation sites (N-methyl/N-ethyl adjacent to an activating group) is 2. The number of imide groups is 1. The summed E-state index contributed by atoms with van der Waals surface area (Å²) < 4.78 is 0. The molecule has 0 N–H and O–H groups in total. The van der Waals surface area contributed by atoms with Gasteiger partial charge in [-0.1, -0.05) is 42.5 Å². The van der Waals surface area contributed by atoms with Crippen molar-refractivity contribution in [1.82, 2.24) is 24.5 Å². The van der Waals surface area contributed by atoms with Crippen LogP contribution in [0.15, 0.2) is 59.4 Å². The van der Waals surface area contributed by atoms with Gasteiger partial charge >= 0.3 is 6.03 Å². The molecule has 3 amide bonds. The Bertz CT molecular complexity index is 1150. The Morgan fingerprint density at radius 2 is 1.78 bits per heavy atom. The highest BCUT2D eigenvalue weighted by Gasteiger charge is 2.54. The Hall–Kier alpha value is -3.39. The lowest BCUT2D eigenvalue weighted by Gasteiger charge is -2.40. The average molecular weight is 433 g/mol. The van der Waals surface area contributed by atoms with Gasteiger partial charge in [0.05, 0.1) is 6.54 Å². The fourth-order valence-electron chi connectivity index (χ4n) is 4.72. The molecule has 1 saturated heterocycles. The Morgan fingerprint density at radius 3 is 2.56 bits per heavy atom. The number of amides is 3. The molecule has 0 saturated carbocycles. The van der Waals surface area contributed by atoms with Crippen LogP contribution in [0.1, 0.15) is 12.5 Å². The normalized spacial score (nSPS) is 22.7. The molecule has 166 valence electrons. The molecule has 3 aliphatic rings. The highest BCUT2D eigenvalue weighted by atomic mass is 16.2. The zero-order valence-corrected chi connectivity index (χ0v) is 18.9. The van der Waals surface area contributed by atoms with Gasteiger partial charge < -0.3 is 19.6 Å². The summed E-state index contributed by atoms with van der Waals surface area (Å²) in [6.45, 7) is 3.91. The summed E-state index contributed by atoms with van der Waals surface area (Å²) in [5, 5.41) is 2.14. The number of rotatable bonds is 5. The molecule has 5 rings (SSSR count). The summed E-state index contributed by atoms with van der Waals surface area (Å²) in [5.41, 5.74) is 2.01. The monoisotopic (exact) mass is 432 g/mol. The molecule has 8 nitrogen and oxygen atoms in total. The zero-order valence-electron chi connectivity index (χ0n) is 18.9. The lowest BCUT2D eigenvalue weighted by Crippen LogP contribution is -2.63. The van der Waals surface area contributed by atoms with Gasteiger partial charge in [-0.3, -0.25) is 9.69 Å². The number of benzene rings is 2. The predicted molar refractivity (Wildman–Crippen MR) is 124 cm³/mol. The number of carbonyl (C=O) groups excluding carboxylic acids is 2. The van der Waals surface area contributed by atoms with Crippen LogP contribution in [-0.2, 0) is 11.3 Å². The second kappa shape index (κ2) is 7.63. The number of allylic oxidation sites excluding steroid dienone is 1. The van der Waals surface area contributed by atoms with Gasteiger partial charge in [-0.05, 0) is 37.4 Å². The van der Waals surface area contributed by atoms with E-state index < -0.39 is 12.2 Å². The third kappa shape index (κ3) is 3.14. The van der Waals surface area contributed by atoms with E-state index in [4.69, 9.17) is 4.99 Å². The Balaban J connectivity index is 1.44. The van der Waals surface area contributed by atoms with Gasteiger partial charge in [-0.2, -0.15) is 0 Å². The maximum absolute atomic E-state index is 13.6.